The molecule has 0 aromatic carbocycles. The Balaban J connectivity index is 1.67. The molecule has 0 aromatic heterocycles. The van der Waals surface area contributed by atoms with Gasteiger partial charge in [0, 0.05) is 18.9 Å². The quantitative estimate of drug-likeness (QED) is 0.406. The van der Waals surface area contributed by atoms with Crippen LogP contribution in [0, 0.1) is 35.5 Å². The first kappa shape index (κ1) is 19.5. The molecule has 2 saturated heterocycles. The molecule has 2 heterocycles. The highest BCUT2D eigenvalue weighted by molar-refractivity contribution is 5.72. The molecular weight excluding hydrogens is 328 g/mol. The van der Waals surface area contributed by atoms with Crippen molar-refractivity contribution >= 4 is 5.97 Å². The fraction of sp³-hybridized carbons (Fsp3) is 0.773. The first-order valence-electron chi connectivity index (χ1n) is 10.1. The van der Waals surface area contributed by atoms with E-state index >= 15 is 0 Å². The monoisotopic (exact) mass is 360 g/mol. The highest BCUT2D eigenvalue weighted by atomic mass is 16.7. The zero-order chi connectivity index (χ0) is 18.5. The SMILES string of the molecule is CC#CCC(C)[C@@H](C=C[C@@H]1[C@H]2CC(=O)O[C@H]2C[C@H]1C)OC1CCCCO1. The lowest BCUT2D eigenvalue weighted by Gasteiger charge is -2.29. The van der Waals surface area contributed by atoms with Crippen LogP contribution in [0.5, 0.6) is 0 Å². The van der Waals surface area contributed by atoms with Crippen molar-refractivity contribution in [2.24, 2.45) is 23.7 Å². The van der Waals surface area contributed by atoms with E-state index in [0.29, 0.717) is 30.1 Å². The predicted molar refractivity (Wildman–Crippen MR) is 100 cm³/mol. The average Bonchev–Trinajstić information content (AvgIpc) is 3.12. The van der Waals surface area contributed by atoms with Gasteiger partial charge in [0.05, 0.1) is 12.5 Å². The number of carbonyl (C=O) groups is 1. The van der Waals surface area contributed by atoms with Crippen molar-refractivity contribution in [3.63, 3.8) is 0 Å². The Morgan fingerprint density at radius 3 is 2.96 bits per heavy atom. The van der Waals surface area contributed by atoms with E-state index in [9.17, 15) is 4.79 Å². The van der Waals surface area contributed by atoms with E-state index in [1.165, 1.54) is 0 Å². The third kappa shape index (κ3) is 4.69. The zero-order valence-corrected chi connectivity index (χ0v) is 16.3. The lowest BCUT2D eigenvalue weighted by atomic mass is 9.87. The molecule has 0 amide bonds. The maximum atomic E-state index is 11.6. The molecule has 0 spiro atoms. The normalized spacial score (nSPS) is 36.3. The number of hydrogen-bond donors (Lipinski definition) is 0. The topological polar surface area (TPSA) is 44.8 Å². The highest BCUT2D eigenvalue weighted by Gasteiger charge is 2.47. The smallest absolute Gasteiger partial charge is 0.306 e. The largest absolute Gasteiger partial charge is 0.462 e. The number of rotatable bonds is 6. The van der Waals surface area contributed by atoms with Crippen LogP contribution in [-0.4, -0.2) is 31.1 Å². The van der Waals surface area contributed by atoms with E-state index in [-0.39, 0.29) is 24.5 Å². The molecule has 4 nitrogen and oxygen atoms in total. The maximum absolute atomic E-state index is 11.6. The molecule has 3 rings (SSSR count). The van der Waals surface area contributed by atoms with Crippen molar-refractivity contribution in [1.82, 2.24) is 0 Å². The molecule has 3 aliphatic rings. The van der Waals surface area contributed by atoms with Gasteiger partial charge < -0.3 is 14.2 Å². The van der Waals surface area contributed by atoms with Crippen molar-refractivity contribution in [1.29, 1.82) is 0 Å². The van der Waals surface area contributed by atoms with Crippen LogP contribution < -0.4 is 0 Å². The Hall–Kier alpha value is -1.31. The number of allylic oxidation sites excluding steroid dienone is 1. The lowest BCUT2D eigenvalue weighted by molar-refractivity contribution is -0.186. The third-order valence-electron chi connectivity index (χ3n) is 6.05. The van der Waals surface area contributed by atoms with Crippen LogP contribution in [0.25, 0.3) is 0 Å². The van der Waals surface area contributed by atoms with Gasteiger partial charge in [-0.1, -0.05) is 26.0 Å². The van der Waals surface area contributed by atoms with E-state index in [2.05, 4.69) is 37.8 Å². The molecule has 0 radical (unpaired) electrons. The van der Waals surface area contributed by atoms with Crippen LogP contribution in [0.15, 0.2) is 12.2 Å². The summed E-state index contributed by atoms with van der Waals surface area (Å²) in [6.07, 6.45) is 10.0. The minimum Gasteiger partial charge on any atom is -0.462 e. The van der Waals surface area contributed by atoms with Gasteiger partial charge in [0.1, 0.15) is 6.10 Å². The first-order valence-corrected chi connectivity index (χ1v) is 10.1. The van der Waals surface area contributed by atoms with Crippen molar-refractivity contribution in [3.05, 3.63) is 12.2 Å². The number of fused-ring (bicyclic) bond motifs is 1. The first-order chi connectivity index (χ1) is 12.6. The van der Waals surface area contributed by atoms with E-state index < -0.39 is 0 Å². The van der Waals surface area contributed by atoms with Gasteiger partial charge in [-0.05, 0) is 50.4 Å². The van der Waals surface area contributed by atoms with Crippen molar-refractivity contribution in [2.75, 3.05) is 6.61 Å². The van der Waals surface area contributed by atoms with Crippen LogP contribution in [0.1, 0.15) is 59.3 Å². The van der Waals surface area contributed by atoms with Gasteiger partial charge in [-0.3, -0.25) is 4.79 Å². The fourth-order valence-electron chi connectivity index (χ4n) is 4.49. The molecule has 3 fully saturated rings. The number of carbonyl (C=O) groups excluding carboxylic acids is 1. The molecule has 0 aromatic rings. The summed E-state index contributed by atoms with van der Waals surface area (Å²) >= 11 is 0. The van der Waals surface area contributed by atoms with Gasteiger partial charge in [0.15, 0.2) is 6.29 Å². The summed E-state index contributed by atoms with van der Waals surface area (Å²) in [6.45, 7) is 7.10. The van der Waals surface area contributed by atoms with Gasteiger partial charge in [-0.25, -0.2) is 0 Å². The summed E-state index contributed by atoms with van der Waals surface area (Å²) in [7, 11) is 0. The van der Waals surface area contributed by atoms with Crippen LogP contribution >= 0.6 is 0 Å². The van der Waals surface area contributed by atoms with Crippen molar-refractivity contribution < 1.29 is 19.0 Å². The molecule has 144 valence electrons. The molecule has 26 heavy (non-hydrogen) atoms. The molecule has 2 aliphatic heterocycles. The summed E-state index contributed by atoms with van der Waals surface area (Å²) < 4.78 is 17.6. The molecule has 7 atom stereocenters. The summed E-state index contributed by atoms with van der Waals surface area (Å²) in [4.78, 5) is 11.6. The van der Waals surface area contributed by atoms with Gasteiger partial charge in [-0.2, -0.15) is 0 Å². The van der Waals surface area contributed by atoms with E-state index in [1.807, 2.05) is 6.92 Å². The summed E-state index contributed by atoms with van der Waals surface area (Å²) in [5.74, 6) is 7.66. The van der Waals surface area contributed by atoms with Gasteiger partial charge >= 0.3 is 5.97 Å². The van der Waals surface area contributed by atoms with Crippen LogP contribution in [0.2, 0.25) is 0 Å². The Bertz CT molecular complexity index is 566. The van der Waals surface area contributed by atoms with Crippen LogP contribution in [0.3, 0.4) is 0 Å². The second-order valence-electron chi connectivity index (χ2n) is 8.08. The minimum absolute atomic E-state index is 0.0109. The van der Waals surface area contributed by atoms with Crippen LogP contribution in [-0.2, 0) is 19.0 Å². The summed E-state index contributed by atoms with van der Waals surface area (Å²) in [6, 6.07) is 0. The molecular formula is C22H32O4. The fourth-order valence-corrected chi connectivity index (χ4v) is 4.49. The highest BCUT2D eigenvalue weighted by Crippen LogP contribution is 2.45. The standard InChI is InChI=1S/C22H32O4/c1-4-5-8-15(2)19(26-22-9-6-7-12-24-22)11-10-17-16(3)13-20-18(17)14-21(23)25-20/h10-11,15-20,22H,6-9,12-14H2,1-3H3/t15?,16-,17+,18-,19-,20+,22?/m1/s1. The molecule has 0 N–H and O–H groups in total. The Morgan fingerprint density at radius 2 is 2.23 bits per heavy atom. The zero-order valence-electron chi connectivity index (χ0n) is 16.3. The van der Waals surface area contributed by atoms with Crippen molar-refractivity contribution in [3.8, 4) is 11.8 Å². The molecule has 2 unspecified atom stereocenters. The van der Waals surface area contributed by atoms with E-state index in [4.69, 9.17) is 14.2 Å². The van der Waals surface area contributed by atoms with E-state index in [1.54, 1.807) is 0 Å². The Morgan fingerprint density at radius 1 is 1.38 bits per heavy atom. The second-order valence-corrected chi connectivity index (χ2v) is 8.08. The number of hydrogen-bond acceptors (Lipinski definition) is 4. The van der Waals surface area contributed by atoms with Gasteiger partial charge in [0.25, 0.3) is 0 Å². The number of esters is 1. The predicted octanol–water partition coefficient (Wildman–Crippen LogP) is 4.09. The molecule has 1 saturated carbocycles. The molecule has 1 aliphatic carbocycles. The maximum Gasteiger partial charge on any atom is 0.306 e. The van der Waals surface area contributed by atoms with Crippen molar-refractivity contribution in [2.45, 2.75) is 77.8 Å². The molecule has 0 bridgehead atoms. The number of ether oxygens (including phenoxy) is 3. The molecule has 4 heteroatoms. The summed E-state index contributed by atoms with van der Waals surface area (Å²) in [5.41, 5.74) is 0. The van der Waals surface area contributed by atoms with Gasteiger partial charge in [-0.15, -0.1) is 11.8 Å². The summed E-state index contributed by atoms with van der Waals surface area (Å²) in [5, 5.41) is 0. The lowest BCUT2D eigenvalue weighted by Crippen LogP contribution is -2.30. The minimum atomic E-state index is -0.111. The Labute approximate surface area is 157 Å². The third-order valence-corrected chi connectivity index (χ3v) is 6.05. The Kier molecular flexibility index (Phi) is 6.78. The van der Waals surface area contributed by atoms with Gasteiger partial charge in [0.2, 0.25) is 0 Å². The van der Waals surface area contributed by atoms with E-state index in [0.717, 1.165) is 38.7 Å². The average molecular weight is 360 g/mol. The van der Waals surface area contributed by atoms with Crippen LogP contribution in [0.4, 0.5) is 0 Å². The second kappa shape index (κ2) is 9.06.